The molecule has 4 N–H and O–H groups in total. The van der Waals surface area contributed by atoms with Gasteiger partial charge in [-0.1, -0.05) is 43.2 Å². The summed E-state index contributed by atoms with van der Waals surface area (Å²) in [6.07, 6.45) is 12.9. The summed E-state index contributed by atoms with van der Waals surface area (Å²) in [5.41, 5.74) is 8.70. The van der Waals surface area contributed by atoms with Crippen LogP contribution >= 0.6 is 0 Å². The molecule has 1 saturated heterocycles. The number of nitrogens with two attached hydrogens (primary N) is 1. The molecule has 0 spiro atoms. The number of nitrogens with zero attached hydrogens (tertiary/aromatic N) is 5. The van der Waals surface area contributed by atoms with Crippen molar-refractivity contribution in [1.29, 1.82) is 0 Å². The van der Waals surface area contributed by atoms with Gasteiger partial charge in [-0.15, -0.1) is 0 Å². The van der Waals surface area contributed by atoms with Gasteiger partial charge in [0.15, 0.2) is 22.8 Å². The Kier molecular flexibility index (Phi) is 7.56. The van der Waals surface area contributed by atoms with Crippen molar-refractivity contribution in [2.24, 2.45) is 5.73 Å². The molecule has 38 heavy (non-hydrogen) atoms. The third kappa shape index (κ3) is 5.68. The third-order valence-electron chi connectivity index (χ3n) is 8.64. The quantitative estimate of drug-likeness (QED) is 0.378. The lowest BCUT2D eigenvalue weighted by Crippen LogP contribution is -2.41. The first-order valence-corrected chi connectivity index (χ1v) is 14.5. The maximum Gasteiger partial charge on any atom is 0.227 e. The van der Waals surface area contributed by atoms with E-state index in [9.17, 15) is 4.79 Å². The van der Waals surface area contributed by atoms with Crippen molar-refractivity contribution in [2.45, 2.75) is 88.4 Å². The second kappa shape index (κ2) is 11.4. The average Bonchev–Trinajstić information content (AvgIpc) is 3.62. The van der Waals surface area contributed by atoms with Crippen LogP contribution in [0, 0.1) is 0 Å². The highest BCUT2D eigenvalue weighted by Crippen LogP contribution is 2.34. The number of hydrogen-bond acceptors (Lipinski definition) is 8. The number of carbonyl (C=O) groups is 1. The molecule has 0 unspecified atom stereocenters. The first-order chi connectivity index (χ1) is 18.6. The van der Waals surface area contributed by atoms with Crippen molar-refractivity contribution in [3.8, 4) is 0 Å². The molecule has 0 bridgehead atoms. The van der Waals surface area contributed by atoms with Crippen LogP contribution in [0.3, 0.4) is 0 Å². The number of imidazole rings is 1. The molecule has 9 nitrogen and oxygen atoms in total. The Hall–Kier alpha value is -3.04. The number of aromatic nitrogens is 4. The number of likely N-dealkylation sites (tertiary alicyclic amines) is 1. The Morgan fingerprint density at radius 3 is 2.34 bits per heavy atom. The van der Waals surface area contributed by atoms with Crippen LogP contribution in [0.25, 0.3) is 11.2 Å². The lowest BCUT2D eigenvalue weighted by molar-refractivity contribution is 0.0912. The van der Waals surface area contributed by atoms with E-state index in [1.165, 1.54) is 25.7 Å². The zero-order chi connectivity index (χ0) is 25.9. The van der Waals surface area contributed by atoms with E-state index in [-0.39, 0.29) is 11.8 Å². The van der Waals surface area contributed by atoms with Gasteiger partial charge in [-0.25, -0.2) is 4.98 Å². The summed E-state index contributed by atoms with van der Waals surface area (Å²) in [4.78, 5) is 29.6. The Morgan fingerprint density at radius 1 is 0.895 bits per heavy atom. The van der Waals surface area contributed by atoms with Gasteiger partial charge in [-0.3, -0.25) is 9.69 Å². The summed E-state index contributed by atoms with van der Waals surface area (Å²) in [7, 11) is 0. The molecule has 2 aliphatic carbocycles. The van der Waals surface area contributed by atoms with Gasteiger partial charge in [0, 0.05) is 42.8 Å². The molecular weight excluding hydrogens is 476 g/mol. The number of anilines is 2. The molecule has 202 valence electrons. The first-order valence-electron chi connectivity index (χ1n) is 14.5. The van der Waals surface area contributed by atoms with E-state index in [1.54, 1.807) is 0 Å². The van der Waals surface area contributed by atoms with E-state index >= 15 is 0 Å². The smallest absolute Gasteiger partial charge is 0.227 e. The zero-order valence-corrected chi connectivity index (χ0v) is 22.2. The number of benzene rings is 1. The van der Waals surface area contributed by atoms with Gasteiger partial charge in [-0.2, -0.15) is 9.97 Å². The summed E-state index contributed by atoms with van der Waals surface area (Å²) in [5.74, 6) is 1.69. The van der Waals surface area contributed by atoms with Gasteiger partial charge < -0.3 is 20.9 Å². The molecule has 2 aromatic heterocycles. The van der Waals surface area contributed by atoms with E-state index in [1.807, 2.05) is 36.7 Å². The fraction of sp³-hybridized carbons (Fsp3) is 0.586. The molecule has 6 rings (SSSR count). The largest absolute Gasteiger partial charge is 0.365 e. The maximum atomic E-state index is 12.7. The number of fused-ring (bicyclic) bond motifs is 1. The highest BCUT2D eigenvalue weighted by atomic mass is 16.1. The minimum absolute atomic E-state index is 0.186. The fourth-order valence-electron chi connectivity index (χ4n) is 6.32. The first kappa shape index (κ1) is 25.2. The SMILES string of the molecule is NC1CCC(Nc2nc(NC3CCN(CC(=O)c4ccccc4)CC3)c3ncn(C4CCCC4)c3n2)CC1. The van der Waals surface area contributed by atoms with Gasteiger partial charge in [0.2, 0.25) is 5.95 Å². The topological polar surface area (TPSA) is 114 Å². The molecular formula is C29H40N8O. The lowest BCUT2D eigenvalue weighted by Gasteiger charge is -2.32. The molecule has 3 heterocycles. The van der Waals surface area contributed by atoms with Crippen LogP contribution < -0.4 is 16.4 Å². The molecule has 3 aliphatic rings. The van der Waals surface area contributed by atoms with E-state index in [0.717, 1.165) is 74.2 Å². The normalized spacial score (nSPS) is 23.6. The van der Waals surface area contributed by atoms with E-state index in [0.29, 0.717) is 30.6 Å². The maximum absolute atomic E-state index is 12.7. The number of carbonyl (C=O) groups excluding carboxylic acids is 1. The monoisotopic (exact) mass is 516 g/mol. The van der Waals surface area contributed by atoms with Gasteiger partial charge in [0.1, 0.15) is 0 Å². The Balaban J connectivity index is 1.16. The average molecular weight is 517 g/mol. The van der Waals surface area contributed by atoms with Crippen LogP contribution in [0.1, 0.15) is 80.6 Å². The van der Waals surface area contributed by atoms with Crippen LogP contribution in [-0.2, 0) is 0 Å². The zero-order valence-electron chi connectivity index (χ0n) is 22.2. The van der Waals surface area contributed by atoms with Crippen LogP contribution in [-0.4, -0.2) is 68.0 Å². The second-order valence-electron chi connectivity index (χ2n) is 11.4. The number of Topliss-reactive ketones (excluding diaryl/α,β-unsaturated/α-hetero) is 1. The summed E-state index contributed by atoms with van der Waals surface area (Å²) in [5, 5.41) is 7.34. The Bertz CT molecular complexity index is 1220. The van der Waals surface area contributed by atoms with Crippen LogP contribution in [0.15, 0.2) is 36.7 Å². The molecule has 0 atom stereocenters. The lowest BCUT2D eigenvalue weighted by atomic mass is 9.92. The molecule has 1 aromatic carbocycles. The van der Waals surface area contributed by atoms with Gasteiger partial charge in [-0.05, 0) is 51.4 Å². The minimum atomic E-state index is 0.186. The molecule has 9 heteroatoms. The molecule has 2 saturated carbocycles. The predicted octanol–water partition coefficient (Wildman–Crippen LogP) is 4.38. The number of hydrogen-bond donors (Lipinski definition) is 3. The fourth-order valence-corrected chi connectivity index (χ4v) is 6.32. The summed E-state index contributed by atoms with van der Waals surface area (Å²) < 4.78 is 2.27. The number of rotatable bonds is 8. The van der Waals surface area contributed by atoms with E-state index in [2.05, 4.69) is 20.1 Å². The highest BCUT2D eigenvalue weighted by molar-refractivity contribution is 5.97. The molecule has 3 aromatic rings. The van der Waals surface area contributed by atoms with Crippen molar-refractivity contribution in [3.05, 3.63) is 42.2 Å². The highest BCUT2D eigenvalue weighted by Gasteiger charge is 2.26. The molecule has 0 amide bonds. The van der Waals surface area contributed by atoms with Crippen LogP contribution in [0.2, 0.25) is 0 Å². The van der Waals surface area contributed by atoms with Crippen molar-refractivity contribution in [2.75, 3.05) is 30.3 Å². The van der Waals surface area contributed by atoms with Crippen molar-refractivity contribution in [1.82, 2.24) is 24.4 Å². The van der Waals surface area contributed by atoms with Crippen molar-refractivity contribution < 1.29 is 4.79 Å². The summed E-state index contributed by atoms with van der Waals surface area (Å²) in [6, 6.07) is 11.0. The number of piperidine rings is 1. The van der Waals surface area contributed by atoms with Crippen LogP contribution in [0.4, 0.5) is 11.8 Å². The van der Waals surface area contributed by atoms with Gasteiger partial charge in [0.25, 0.3) is 0 Å². The van der Waals surface area contributed by atoms with Crippen LogP contribution in [0.5, 0.6) is 0 Å². The molecule has 0 radical (unpaired) electrons. The van der Waals surface area contributed by atoms with E-state index in [4.69, 9.17) is 20.7 Å². The predicted molar refractivity (Wildman–Crippen MR) is 151 cm³/mol. The second-order valence-corrected chi connectivity index (χ2v) is 11.4. The minimum Gasteiger partial charge on any atom is -0.365 e. The number of nitrogens with one attached hydrogen (secondary N) is 2. The summed E-state index contributed by atoms with van der Waals surface area (Å²) >= 11 is 0. The number of ketones is 1. The standard InChI is InChI=1S/C29H40N8O/c30-21-10-12-22(13-11-21)33-29-34-27(26-28(35-29)37(19-31-26)24-8-4-5-9-24)32-23-14-16-36(17-15-23)18-25(38)20-6-2-1-3-7-20/h1-3,6-7,19,21-24H,4-5,8-18,30H2,(H2,32,33,34,35). The molecule has 1 aliphatic heterocycles. The van der Waals surface area contributed by atoms with Crippen molar-refractivity contribution in [3.63, 3.8) is 0 Å². The third-order valence-corrected chi connectivity index (χ3v) is 8.64. The van der Waals surface area contributed by atoms with Crippen molar-refractivity contribution >= 4 is 28.7 Å². The van der Waals surface area contributed by atoms with E-state index < -0.39 is 0 Å². The van der Waals surface area contributed by atoms with Gasteiger partial charge in [0.05, 0.1) is 12.9 Å². The summed E-state index contributed by atoms with van der Waals surface area (Å²) in [6.45, 7) is 2.24. The Labute approximate surface area is 224 Å². The molecule has 3 fully saturated rings. The van der Waals surface area contributed by atoms with Gasteiger partial charge >= 0.3 is 0 Å². The Morgan fingerprint density at radius 2 is 1.61 bits per heavy atom.